The third-order valence-corrected chi connectivity index (χ3v) is 1.70. The molecule has 4 nitrogen and oxygen atoms in total. The molecule has 1 rings (SSSR count). The molecule has 11 heavy (non-hydrogen) atoms. The minimum atomic E-state index is 0.274. The molecule has 1 saturated heterocycles. The van der Waals surface area contributed by atoms with Gasteiger partial charge >= 0.3 is 0 Å². The second-order valence-electron chi connectivity index (χ2n) is 2.56. The van der Waals surface area contributed by atoms with E-state index in [1.807, 2.05) is 0 Å². The second kappa shape index (κ2) is 5.09. The number of morpholine rings is 1. The van der Waals surface area contributed by atoms with Crippen LogP contribution in [-0.2, 0) is 9.53 Å². The molecule has 0 saturated carbocycles. The predicted molar refractivity (Wildman–Crippen MR) is 41.3 cm³/mol. The molecule has 4 heteroatoms. The Kier molecular flexibility index (Phi) is 3.93. The van der Waals surface area contributed by atoms with Gasteiger partial charge in [-0.2, -0.15) is 0 Å². The first-order valence-electron chi connectivity index (χ1n) is 3.93. The van der Waals surface area contributed by atoms with Gasteiger partial charge in [-0.15, -0.1) is 0 Å². The summed E-state index contributed by atoms with van der Waals surface area (Å²) in [6, 6.07) is 0. The average Bonchev–Trinajstić information content (AvgIpc) is 2.07. The van der Waals surface area contributed by atoms with E-state index in [9.17, 15) is 4.79 Å². The lowest BCUT2D eigenvalue weighted by Crippen LogP contribution is -2.39. The van der Waals surface area contributed by atoms with Gasteiger partial charge < -0.3 is 15.4 Å². The first-order valence-corrected chi connectivity index (χ1v) is 3.93. The Bertz CT molecular complexity index is 113. The van der Waals surface area contributed by atoms with Crippen molar-refractivity contribution in [1.29, 1.82) is 0 Å². The second-order valence-corrected chi connectivity index (χ2v) is 2.56. The number of hydrogen-bond acceptors (Lipinski definition) is 3. The minimum Gasteiger partial charge on any atom is -0.376 e. The maximum absolute atomic E-state index is 9.88. The molecule has 1 fully saturated rings. The minimum absolute atomic E-state index is 0.274. The van der Waals surface area contributed by atoms with Crippen LogP contribution in [0.5, 0.6) is 0 Å². The Labute approximate surface area is 66.3 Å². The highest BCUT2D eigenvalue weighted by molar-refractivity contribution is 5.45. The van der Waals surface area contributed by atoms with E-state index >= 15 is 0 Å². The van der Waals surface area contributed by atoms with Gasteiger partial charge in [0.2, 0.25) is 6.41 Å². The van der Waals surface area contributed by atoms with Crippen molar-refractivity contribution >= 4 is 6.41 Å². The SMILES string of the molecule is O=CNCCC1CNCCO1. The van der Waals surface area contributed by atoms with E-state index in [1.165, 1.54) is 0 Å². The average molecular weight is 158 g/mol. The number of hydrogen-bond donors (Lipinski definition) is 2. The summed E-state index contributed by atoms with van der Waals surface area (Å²) in [6.45, 7) is 3.33. The molecule has 0 spiro atoms. The van der Waals surface area contributed by atoms with Crippen molar-refractivity contribution in [2.75, 3.05) is 26.2 Å². The number of ether oxygens (including phenoxy) is 1. The molecule has 64 valence electrons. The van der Waals surface area contributed by atoms with Gasteiger partial charge in [0.1, 0.15) is 0 Å². The summed E-state index contributed by atoms with van der Waals surface area (Å²) in [5.41, 5.74) is 0. The Morgan fingerprint density at radius 2 is 2.64 bits per heavy atom. The van der Waals surface area contributed by atoms with Gasteiger partial charge in [-0.1, -0.05) is 0 Å². The summed E-state index contributed by atoms with van der Waals surface area (Å²) in [7, 11) is 0. The summed E-state index contributed by atoms with van der Waals surface area (Å²) in [4.78, 5) is 9.88. The van der Waals surface area contributed by atoms with Crippen molar-refractivity contribution in [1.82, 2.24) is 10.6 Å². The van der Waals surface area contributed by atoms with Crippen molar-refractivity contribution in [2.45, 2.75) is 12.5 Å². The van der Waals surface area contributed by atoms with Crippen LogP contribution in [0.3, 0.4) is 0 Å². The Balaban J connectivity index is 2.00. The molecule has 1 aliphatic heterocycles. The zero-order chi connectivity index (χ0) is 7.94. The molecule has 1 aliphatic rings. The molecule has 0 aromatic heterocycles. The van der Waals surface area contributed by atoms with E-state index in [4.69, 9.17) is 4.74 Å². The number of amides is 1. The summed E-state index contributed by atoms with van der Waals surface area (Å²) < 4.78 is 5.41. The number of nitrogens with one attached hydrogen (secondary N) is 2. The molecule has 2 N–H and O–H groups in total. The molecule has 0 aromatic carbocycles. The van der Waals surface area contributed by atoms with Crippen molar-refractivity contribution in [3.63, 3.8) is 0 Å². The molecular weight excluding hydrogens is 144 g/mol. The molecular formula is C7H14N2O2. The molecule has 0 aromatic rings. The van der Waals surface area contributed by atoms with Crippen molar-refractivity contribution in [2.24, 2.45) is 0 Å². The van der Waals surface area contributed by atoms with E-state index in [-0.39, 0.29) is 6.10 Å². The summed E-state index contributed by atoms with van der Waals surface area (Å²) in [5.74, 6) is 0. The zero-order valence-electron chi connectivity index (χ0n) is 6.51. The molecule has 1 atom stereocenters. The zero-order valence-corrected chi connectivity index (χ0v) is 6.51. The number of carbonyl (C=O) groups is 1. The smallest absolute Gasteiger partial charge is 0.207 e. The summed E-state index contributed by atoms with van der Waals surface area (Å²) >= 11 is 0. The highest BCUT2D eigenvalue weighted by atomic mass is 16.5. The monoisotopic (exact) mass is 158 g/mol. The van der Waals surface area contributed by atoms with Gasteiger partial charge in [-0.25, -0.2) is 0 Å². The van der Waals surface area contributed by atoms with Crippen molar-refractivity contribution < 1.29 is 9.53 Å². The largest absolute Gasteiger partial charge is 0.376 e. The van der Waals surface area contributed by atoms with Crippen molar-refractivity contribution in [3.05, 3.63) is 0 Å². The molecule has 0 radical (unpaired) electrons. The maximum atomic E-state index is 9.88. The quantitative estimate of drug-likeness (QED) is 0.412. The molecule has 0 bridgehead atoms. The van der Waals surface area contributed by atoms with Crippen LogP contribution in [0.2, 0.25) is 0 Å². The fourth-order valence-electron chi connectivity index (χ4n) is 1.11. The van der Waals surface area contributed by atoms with Gasteiger partial charge in [0, 0.05) is 19.6 Å². The Morgan fingerprint density at radius 1 is 1.73 bits per heavy atom. The molecule has 1 heterocycles. The lowest BCUT2D eigenvalue weighted by Gasteiger charge is -2.23. The fourth-order valence-corrected chi connectivity index (χ4v) is 1.11. The third kappa shape index (κ3) is 3.34. The first kappa shape index (κ1) is 8.49. The molecule has 1 unspecified atom stereocenters. The topological polar surface area (TPSA) is 50.4 Å². The van der Waals surface area contributed by atoms with E-state index in [2.05, 4.69) is 10.6 Å². The van der Waals surface area contributed by atoms with Crippen LogP contribution in [-0.4, -0.2) is 38.8 Å². The van der Waals surface area contributed by atoms with Crippen LogP contribution in [0.4, 0.5) is 0 Å². The molecule has 0 aliphatic carbocycles. The van der Waals surface area contributed by atoms with Crippen LogP contribution in [0.15, 0.2) is 0 Å². The van der Waals surface area contributed by atoms with Crippen LogP contribution in [0.1, 0.15) is 6.42 Å². The van der Waals surface area contributed by atoms with Crippen LogP contribution in [0.25, 0.3) is 0 Å². The van der Waals surface area contributed by atoms with E-state index in [0.717, 1.165) is 32.5 Å². The first-order chi connectivity index (χ1) is 5.43. The van der Waals surface area contributed by atoms with Gasteiger partial charge in [0.15, 0.2) is 0 Å². The van der Waals surface area contributed by atoms with Crippen LogP contribution >= 0.6 is 0 Å². The number of rotatable bonds is 4. The normalized spacial score (nSPS) is 24.5. The van der Waals surface area contributed by atoms with Crippen molar-refractivity contribution in [3.8, 4) is 0 Å². The highest BCUT2D eigenvalue weighted by Gasteiger charge is 2.11. The lowest BCUT2D eigenvalue weighted by atomic mass is 10.2. The van der Waals surface area contributed by atoms with E-state index < -0.39 is 0 Å². The van der Waals surface area contributed by atoms with Gasteiger partial charge in [-0.05, 0) is 6.42 Å². The maximum Gasteiger partial charge on any atom is 0.207 e. The summed E-state index contributed by atoms with van der Waals surface area (Å²) in [6.07, 6.45) is 1.89. The third-order valence-electron chi connectivity index (χ3n) is 1.70. The van der Waals surface area contributed by atoms with E-state index in [0.29, 0.717) is 6.54 Å². The highest BCUT2D eigenvalue weighted by Crippen LogP contribution is 1.99. The Hall–Kier alpha value is -0.610. The van der Waals surface area contributed by atoms with Gasteiger partial charge in [0.05, 0.1) is 12.7 Å². The fraction of sp³-hybridized carbons (Fsp3) is 0.857. The Morgan fingerprint density at radius 3 is 3.27 bits per heavy atom. The lowest BCUT2D eigenvalue weighted by molar-refractivity contribution is -0.109. The van der Waals surface area contributed by atoms with Gasteiger partial charge in [-0.3, -0.25) is 4.79 Å². The van der Waals surface area contributed by atoms with E-state index in [1.54, 1.807) is 0 Å². The summed E-state index contributed by atoms with van der Waals surface area (Å²) in [5, 5.41) is 5.83. The predicted octanol–water partition coefficient (Wildman–Crippen LogP) is -0.889. The number of carbonyl (C=O) groups excluding carboxylic acids is 1. The van der Waals surface area contributed by atoms with Crippen LogP contribution < -0.4 is 10.6 Å². The van der Waals surface area contributed by atoms with Gasteiger partial charge in [0.25, 0.3) is 0 Å². The standard InChI is InChI=1S/C7H14N2O2/c10-6-9-2-1-7-5-8-3-4-11-7/h6-8H,1-5H2,(H,9,10). The molecule has 1 amide bonds. The van der Waals surface area contributed by atoms with Crippen LogP contribution in [0, 0.1) is 0 Å².